The number of nitrogens with two attached hydrogens (primary N) is 1. The van der Waals surface area contributed by atoms with Crippen LogP contribution in [0.5, 0.6) is 0 Å². The van der Waals surface area contributed by atoms with Gasteiger partial charge in [-0.15, -0.1) is 0 Å². The molecule has 0 aromatic rings. The van der Waals surface area contributed by atoms with Crippen molar-refractivity contribution in [2.45, 2.75) is 56.6 Å². The van der Waals surface area contributed by atoms with Gasteiger partial charge < -0.3 is 5.73 Å². The van der Waals surface area contributed by atoms with E-state index in [4.69, 9.17) is 5.73 Å². The van der Waals surface area contributed by atoms with Gasteiger partial charge in [0.15, 0.2) is 0 Å². The fourth-order valence-corrected chi connectivity index (χ4v) is 6.11. The van der Waals surface area contributed by atoms with Crippen LogP contribution in [0.15, 0.2) is 0 Å². The molecule has 4 aliphatic carbocycles. The Morgan fingerprint density at radius 3 is 1.95 bits per heavy atom. The first-order valence-corrected chi connectivity index (χ1v) is 9.07. The van der Waals surface area contributed by atoms with Gasteiger partial charge >= 0.3 is 0 Å². The van der Waals surface area contributed by atoms with Crippen LogP contribution >= 0.6 is 0 Å². The molecule has 0 radical (unpaired) electrons. The number of rotatable bonds is 5. The van der Waals surface area contributed by atoms with Crippen molar-refractivity contribution in [3.63, 3.8) is 0 Å². The van der Waals surface area contributed by atoms with Gasteiger partial charge in [-0.2, -0.15) is 8.42 Å². The summed E-state index contributed by atoms with van der Waals surface area (Å²) >= 11 is 0. The topological polar surface area (TPSA) is 80.4 Å². The van der Waals surface area contributed by atoms with Crippen molar-refractivity contribution in [2.24, 2.45) is 28.9 Å². The summed E-state index contributed by atoms with van der Waals surface area (Å²) in [5.41, 5.74) is 5.87. The third-order valence-corrected chi connectivity index (χ3v) is 7.12. The molecule has 5 heteroatoms. The maximum Gasteiger partial charge on any atom is 0.269 e. The van der Waals surface area contributed by atoms with E-state index in [9.17, 15) is 13.0 Å². The monoisotopic (exact) mass is 287 g/mol. The zero-order valence-corrected chi connectivity index (χ0v) is 12.2. The summed E-state index contributed by atoms with van der Waals surface area (Å²) in [6.07, 6.45) is 9.50. The highest BCUT2D eigenvalue weighted by atomic mass is 32.2. The zero-order chi connectivity index (χ0) is 13.7. The minimum Gasteiger partial charge on any atom is -0.329 e. The highest BCUT2D eigenvalue weighted by Gasteiger charge is 2.50. The standard InChI is InChI=1S/C14H25NO3S/c15-9-13(19(16,17)18)1-2-14-6-10-3-11(7-14)5-12(4-10)8-14/h10-13H,1-9,15H2,(H,16,17,18). The van der Waals surface area contributed by atoms with E-state index in [2.05, 4.69) is 0 Å². The average Bonchev–Trinajstić information content (AvgIpc) is 2.25. The third kappa shape index (κ3) is 2.69. The molecule has 19 heavy (non-hydrogen) atoms. The SMILES string of the molecule is NCC(CCC12CC3CC(CC(C3)C1)C2)S(=O)(=O)O. The maximum absolute atomic E-state index is 11.3. The molecule has 4 fully saturated rings. The van der Waals surface area contributed by atoms with Gasteiger partial charge in [-0.1, -0.05) is 0 Å². The predicted molar refractivity (Wildman–Crippen MR) is 74.2 cm³/mol. The lowest BCUT2D eigenvalue weighted by Gasteiger charge is -2.57. The first-order chi connectivity index (χ1) is 8.90. The second kappa shape index (κ2) is 4.71. The summed E-state index contributed by atoms with van der Waals surface area (Å²) in [5.74, 6) is 2.65. The van der Waals surface area contributed by atoms with Crippen molar-refractivity contribution < 1.29 is 13.0 Å². The van der Waals surface area contributed by atoms with Crippen molar-refractivity contribution in [1.82, 2.24) is 0 Å². The van der Waals surface area contributed by atoms with E-state index in [1.165, 1.54) is 38.5 Å². The molecule has 0 aromatic carbocycles. The van der Waals surface area contributed by atoms with E-state index >= 15 is 0 Å². The Kier molecular flexibility index (Phi) is 3.43. The normalized spacial score (nSPS) is 42.5. The van der Waals surface area contributed by atoms with Gasteiger partial charge in [0.1, 0.15) is 0 Å². The molecular weight excluding hydrogens is 262 g/mol. The fraction of sp³-hybridized carbons (Fsp3) is 1.00. The minimum atomic E-state index is -3.97. The molecular formula is C14H25NO3S. The second-order valence-corrected chi connectivity index (χ2v) is 9.03. The van der Waals surface area contributed by atoms with Crippen LogP contribution in [-0.4, -0.2) is 24.8 Å². The highest BCUT2D eigenvalue weighted by molar-refractivity contribution is 7.86. The molecule has 1 unspecified atom stereocenters. The van der Waals surface area contributed by atoms with Crippen LogP contribution in [0.25, 0.3) is 0 Å². The summed E-state index contributed by atoms with van der Waals surface area (Å²) in [6.45, 7) is 0.0329. The van der Waals surface area contributed by atoms with Crippen LogP contribution in [0.2, 0.25) is 0 Å². The third-order valence-electron chi connectivity index (χ3n) is 5.85. The van der Waals surface area contributed by atoms with E-state index in [0.29, 0.717) is 11.8 Å². The fourth-order valence-electron chi connectivity index (χ4n) is 5.45. The van der Waals surface area contributed by atoms with E-state index < -0.39 is 15.4 Å². The van der Waals surface area contributed by atoms with Crippen LogP contribution in [0.3, 0.4) is 0 Å². The van der Waals surface area contributed by atoms with E-state index in [-0.39, 0.29) is 6.54 Å². The van der Waals surface area contributed by atoms with Gasteiger partial charge in [0.2, 0.25) is 0 Å². The van der Waals surface area contributed by atoms with Crippen LogP contribution in [-0.2, 0) is 10.1 Å². The van der Waals surface area contributed by atoms with Gasteiger partial charge in [0.25, 0.3) is 10.1 Å². The molecule has 0 aromatic heterocycles. The Balaban J connectivity index is 1.66. The minimum absolute atomic E-state index is 0.0329. The molecule has 0 saturated heterocycles. The molecule has 4 nitrogen and oxygen atoms in total. The van der Waals surface area contributed by atoms with Crippen LogP contribution < -0.4 is 5.73 Å². The summed E-state index contributed by atoms with van der Waals surface area (Å²) in [7, 11) is -3.97. The molecule has 0 amide bonds. The molecule has 0 heterocycles. The Labute approximate surface area is 115 Å². The lowest BCUT2D eigenvalue weighted by atomic mass is 9.48. The van der Waals surface area contributed by atoms with E-state index in [1.54, 1.807) is 0 Å². The lowest BCUT2D eigenvalue weighted by Crippen LogP contribution is -2.46. The smallest absolute Gasteiger partial charge is 0.269 e. The molecule has 0 spiro atoms. The van der Waals surface area contributed by atoms with Gasteiger partial charge in [0, 0.05) is 6.54 Å². The molecule has 4 bridgehead atoms. The molecule has 4 rings (SSSR count). The first-order valence-electron chi connectivity index (χ1n) is 7.56. The van der Waals surface area contributed by atoms with Crippen LogP contribution in [0, 0.1) is 23.2 Å². The first kappa shape index (κ1) is 13.8. The molecule has 1 atom stereocenters. The Morgan fingerprint density at radius 2 is 1.58 bits per heavy atom. The summed E-state index contributed by atoms with van der Waals surface area (Å²) in [6, 6.07) is 0. The average molecular weight is 287 g/mol. The largest absolute Gasteiger partial charge is 0.329 e. The second-order valence-electron chi connectivity index (χ2n) is 7.33. The van der Waals surface area contributed by atoms with Crippen molar-refractivity contribution in [3.8, 4) is 0 Å². The van der Waals surface area contributed by atoms with Crippen molar-refractivity contribution >= 4 is 10.1 Å². The molecule has 4 saturated carbocycles. The van der Waals surface area contributed by atoms with Gasteiger partial charge in [0.05, 0.1) is 5.25 Å². The maximum atomic E-state index is 11.3. The molecule has 4 aliphatic rings. The van der Waals surface area contributed by atoms with Gasteiger partial charge in [-0.3, -0.25) is 4.55 Å². The van der Waals surface area contributed by atoms with Crippen molar-refractivity contribution in [3.05, 3.63) is 0 Å². The van der Waals surface area contributed by atoms with Crippen LogP contribution in [0.1, 0.15) is 51.4 Å². The zero-order valence-electron chi connectivity index (χ0n) is 11.4. The van der Waals surface area contributed by atoms with Crippen molar-refractivity contribution in [2.75, 3.05) is 6.54 Å². The molecule has 110 valence electrons. The summed E-state index contributed by atoms with van der Waals surface area (Å²) < 4.78 is 31.7. The Bertz CT molecular complexity index is 410. The molecule has 3 N–H and O–H groups in total. The number of hydrogen-bond donors (Lipinski definition) is 2. The van der Waals surface area contributed by atoms with E-state index in [1.807, 2.05) is 0 Å². The Morgan fingerprint density at radius 1 is 1.11 bits per heavy atom. The van der Waals surface area contributed by atoms with Crippen LogP contribution in [0.4, 0.5) is 0 Å². The summed E-state index contributed by atoms with van der Waals surface area (Å²) in [5, 5.41) is -0.763. The van der Waals surface area contributed by atoms with Gasteiger partial charge in [-0.05, 0) is 74.5 Å². The van der Waals surface area contributed by atoms with Gasteiger partial charge in [-0.25, -0.2) is 0 Å². The lowest BCUT2D eigenvalue weighted by molar-refractivity contribution is -0.0581. The Hall–Kier alpha value is -0.130. The predicted octanol–water partition coefficient (Wildman–Crippen LogP) is 2.20. The van der Waals surface area contributed by atoms with Crippen molar-refractivity contribution in [1.29, 1.82) is 0 Å². The molecule has 0 aliphatic heterocycles. The quantitative estimate of drug-likeness (QED) is 0.760. The number of hydrogen-bond acceptors (Lipinski definition) is 3. The highest BCUT2D eigenvalue weighted by Crippen LogP contribution is 2.61. The van der Waals surface area contributed by atoms with E-state index in [0.717, 1.165) is 24.2 Å². The summed E-state index contributed by atoms with van der Waals surface area (Å²) in [4.78, 5) is 0.